The van der Waals surface area contributed by atoms with Gasteiger partial charge in [-0.15, -0.1) is 0 Å². The van der Waals surface area contributed by atoms with Gasteiger partial charge in [-0.05, 0) is 49.4 Å². The summed E-state index contributed by atoms with van der Waals surface area (Å²) >= 11 is 0. The van der Waals surface area contributed by atoms with E-state index in [-0.39, 0.29) is 11.8 Å². The largest absolute Gasteiger partial charge is 0.481 e. The van der Waals surface area contributed by atoms with Crippen molar-refractivity contribution in [3.8, 4) is 0 Å². The fourth-order valence-corrected chi connectivity index (χ4v) is 3.33. The highest BCUT2D eigenvalue weighted by molar-refractivity contribution is 5.79. The van der Waals surface area contributed by atoms with Gasteiger partial charge in [0.25, 0.3) is 0 Å². The highest BCUT2D eigenvalue weighted by atomic mass is 16.5. The minimum atomic E-state index is -0.715. The Balaban J connectivity index is 1.60. The van der Waals surface area contributed by atoms with Gasteiger partial charge in [-0.1, -0.05) is 12.1 Å². The van der Waals surface area contributed by atoms with Crippen LogP contribution in [0.2, 0.25) is 0 Å². The molecule has 5 heteroatoms. The predicted octanol–water partition coefficient (Wildman–Crippen LogP) is 2.76. The summed E-state index contributed by atoms with van der Waals surface area (Å²) in [5.41, 5.74) is 3.14. The molecular weight excluding hydrogens is 304 g/mol. The van der Waals surface area contributed by atoms with Crippen LogP contribution in [0.5, 0.6) is 0 Å². The van der Waals surface area contributed by atoms with Crippen molar-refractivity contribution in [2.45, 2.75) is 26.3 Å². The third-order valence-electron chi connectivity index (χ3n) is 4.74. The molecule has 0 spiro atoms. The molecule has 0 radical (unpaired) electrons. The maximum Gasteiger partial charge on any atom is 0.308 e. The molecule has 1 fully saturated rings. The van der Waals surface area contributed by atoms with Gasteiger partial charge in [0.1, 0.15) is 0 Å². The quantitative estimate of drug-likeness (QED) is 0.853. The van der Waals surface area contributed by atoms with E-state index in [9.17, 15) is 9.90 Å². The van der Waals surface area contributed by atoms with Crippen LogP contribution < -0.4 is 5.32 Å². The van der Waals surface area contributed by atoms with Gasteiger partial charge < -0.3 is 15.2 Å². The second-order valence-corrected chi connectivity index (χ2v) is 6.51. The third kappa shape index (κ3) is 4.10. The Morgan fingerprint density at radius 1 is 1.33 bits per heavy atom. The summed E-state index contributed by atoms with van der Waals surface area (Å²) in [6.45, 7) is 4.48. The van der Waals surface area contributed by atoms with E-state index in [1.54, 1.807) is 0 Å². The zero-order valence-electron chi connectivity index (χ0n) is 14.0. The Labute approximate surface area is 142 Å². The summed E-state index contributed by atoms with van der Waals surface area (Å²) in [5.74, 6) is -0.862. The van der Waals surface area contributed by atoms with E-state index < -0.39 is 5.97 Å². The van der Waals surface area contributed by atoms with Crippen molar-refractivity contribution in [3.05, 3.63) is 41.6 Å². The van der Waals surface area contributed by atoms with E-state index in [4.69, 9.17) is 4.74 Å². The number of aromatic nitrogens is 1. The first-order chi connectivity index (χ1) is 11.6. The average Bonchev–Trinajstić information content (AvgIpc) is 2.59. The first-order valence-electron chi connectivity index (χ1n) is 8.51. The molecule has 2 aromatic rings. The van der Waals surface area contributed by atoms with E-state index in [1.165, 1.54) is 0 Å². The molecule has 1 unspecified atom stereocenters. The van der Waals surface area contributed by atoms with Crippen LogP contribution >= 0.6 is 0 Å². The first-order valence-corrected chi connectivity index (χ1v) is 8.51. The van der Waals surface area contributed by atoms with E-state index in [2.05, 4.69) is 22.4 Å². The van der Waals surface area contributed by atoms with Crippen LogP contribution in [-0.4, -0.2) is 35.8 Å². The Bertz CT molecular complexity index is 711. The van der Waals surface area contributed by atoms with Crippen molar-refractivity contribution < 1.29 is 14.6 Å². The molecule has 2 heterocycles. The topological polar surface area (TPSA) is 71.5 Å². The van der Waals surface area contributed by atoms with E-state index in [0.29, 0.717) is 26.3 Å². The molecule has 3 rings (SSSR count). The number of ether oxygens (including phenoxy) is 1. The lowest BCUT2D eigenvalue weighted by Crippen LogP contribution is -2.36. The summed E-state index contributed by atoms with van der Waals surface area (Å²) in [6, 6.07) is 10.3. The summed E-state index contributed by atoms with van der Waals surface area (Å²) < 4.78 is 5.33. The predicted molar refractivity (Wildman–Crippen MR) is 92.9 cm³/mol. The van der Waals surface area contributed by atoms with Crippen LogP contribution in [0.15, 0.2) is 30.3 Å². The smallest absolute Gasteiger partial charge is 0.308 e. The Morgan fingerprint density at radius 3 is 2.88 bits per heavy atom. The molecule has 1 atom stereocenters. The number of benzene rings is 1. The maximum atomic E-state index is 11.6. The normalized spacial score (nSPS) is 17.0. The minimum absolute atomic E-state index is 0.201. The zero-order valence-corrected chi connectivity index (χ0v) is 14.0. The molecule has 0 bridgehead atoms. The standard InChI is InChI=1S/C19H24N2O3/c1-13-2-4-16-10-14(3-5-18(16)21-13)11-20-12-17(19(22)23)15-6-8-24-9-7-15/h2-5,10,15,17,20H,6-9,11-12H2,1H3,(H,22,23). The molecule has 1 aromatic carbocycles. The van der Waals surface area contributed by atoms with Crippen LogP contribution in [0, 0.1) is 18.8 Å². The van der Waals surface area contributed by atoms with Gasteiger partial charge in [-0.3, -0.25) is 9.78 Å². The van der Waals surface area contributed by atoms with Gasteiger partial charge in [0.05, 0.1) is 11.4 Å². The molecule has 0 saturated carbocycles. The average molecular weight is 328 g/mol. The number of rotatable bonds is 6. The van der Waals surface area contributed by atoms with Crippen molar-refractivity contribution in [1.29, 1.82) is 0 Å². The van der Waals surface area contributed by atoms with Crippen LogP contribution in [-0.2, 0) is 16.1 Å². The molecule has 0 amide bonds. The lowest BCUT2D eigenvalue weighted by Gasteiger charge is -2.27. The molecule has 2 N–H and O–H groups in total. The Morgan fingerprint density at radius 2 is 2.12 bits per heavy atom. The van der Waals surface area contributed by atoms with Crippen LogP contribution in [0.25, 0.3) is 10.9 Å². The molecule has 0 aliphatic carbocycles. The van der Waals surface area contributed by atoms with Crippen molar-refractivity contribution >= 4 is 16.9 Å². The molecule has 1 aliphatic rings. The summed E-state index contributed by atoms with van der Waals surface area (Å²) in [5, 5.41) is 13.9. The number of carboxylic acids is 1. The fraction of sp³-hybridized carbons (Fsp3) is 0.474. The van der Waals surface area contributed by atoms with E-state index in [0.717, 1.165) is 35.0 Å². The number of carbonyl (C=O) groups is 1. The molecule has 24 heavy (non-hydrogen) atoms. The number of nitrogens with one attached hydrogen (secondary N) is 1. The lowest BCUT2D eigenvalue weighted by atomic mass is 9.86. The van der Waals surface area contributed by atoms with Gasteiger partial charge in [0.2, 0.25) is 0 Å². The number of aryl methyl sites for hydroxylation is 1. The summed E-state index contributed by atoms with van der Waals surface area (Å²) in [7, 11) is 0. The number of hydrogen-bond donors (Lipinski definition) is 2. The molecule has 128 valence electrons. The van der Waals surface area contributed by atoms with Crippen molar-refractivity contribution in [3.63, 3.8) is 0 Å². The van der Waals surface area contributed by atoms with Crippen LogP contribution in [0.4, 0.5) is 0 Å². The second kappa shape index (κ2) is 7.73. The van der Waals surface area contributed by atoms with Crippen molar-refractivity contribution in [1.82, 2.24) is 10.3 Å². The van der Waals surface area contributed by atoms with Crippen LogP contribution in [0.3, 0.4) is 0 Å². The van der Waals surface area contributed by atoms with Crippen molar-refractivity contribution in [2.75, 3.05) is 19.8 Å². The highest BCUT2D eigenvalue weighted by Crippen LogP contribution is 2.24. The van der Waals surface area contributed by atoms with E-state index >= 15 is 0 Å². The van der Waals surface area contributed by atoms with Crippen LogP contribution in [0.1, 0.15) is 24.1 Å². The summed E-state index contributed by atoms with van der Waals surface area (Å²) in [6.07, 6.45) is 1.67. The molecule has 5 nitrogen and oxygen atoms in total. The van der Waals surface area contributed by atoms with Gasteiger partial charge in [0.15, 0.2) is 0 Å². The fourth-order valence-electron chi connectivity index (χ4n) is 3.33. The number of hydrogen-bond acceptors (Lipinski definition) is 4. The van der Waals surface area contributed by atoms with E-state index in [1.807, 2.05) is 25.1 Å². The van der Waals surface area contributed by atoms with Gasteiger partial charge >= 0.3 is 5.97 Å². The van der Waals surface area contributed by atoms with Gasteiger partial charge in [0, 0.05) is 37.4 Å². The lowest BCUT2D eigenvalue weighted by molar-refractivity contribution is -0.144. The SMILES string of the molecule is Cc1ccc2cc(CNCC(C(=O)O)C3CCOCC3)ccc2n1. The number of pyridine rings is 1. The number of nitrogens with zero attached hydrogens (tertiary/aromatic N) is 1. The third-order valence-corrected chi connectivity index (χ3v) is 4.74. The molecule has 1 saturated heterocycles. The summed E-state index contributed by atoms with van der Waals surface area (Å²) in [4.78, 5) is 16.1. The Kier molecular flexibility index (Phi) is 5.43. The minimum Gasteiger partial charge on any atom is -0.481 e. The second-order valence-electron chi connectivity index (χ2n) is 6.51. The number of carboxylic acid groups (broad SMARTS) is 1. The molecule has 1 aromatic heterocycles. The number of aliphatic carboxylic acids is 1. The zero-order chi connectivity index (χ0) is 16.9. The van der Waals surface area contributed by atoms with Gasteiger partial charge in [-0.25, -0.2) is 0 Å². The Hall–Kier alpha value is -1.98. The molecule has 1 aliphatic heterocycles. The van der Waals surface area contributed by atoms with Gasteiger partial charge in [-0.2, -0.15) is 0 Å². The maximum absolute atomic E-state index is 11.6. The van der Waals surface area contributed by atoms with Crippen molar-refractivity contribution in [2.24, 2.45) is 11.8 Å². The first kappa shape index (κ1) is 16.9. The monoisotopic (exact) mass is 328 g/mol. The highest BCUT2D eigenvalue weighted by Gasteiger charge is 2.29. The number of fused-ring (bicyclic) bond motifs is 1. The molecular formula is C19H24N2O3.